The van der Waals surface area contributed by atoms with Crippen LogP contribution in [0.4, 0.5) is 0 Å². The van der Waals surface area contributed by atoms with E-state index in [0.717, 1.165) is 0 Å². The molecular formula is C22H12S2. The normalized spacial score (nSPS) is 12.2. The highest BCUT2D eigenvalue weighted by atomic mass is 32.1. The fourth-order valence-electron chi connectivity index (χ4n) is 4.04. The molecule has 2 aromatic heterocycles. The van der Waals surface area contributed by atoms with Crippen molar-refractivity contribution < 1.29 is 0 Å². The molecule has 24 heavy (non-hydrogen) atoms. The van der Waals surface area contributed by atoms with Crippen molar-refractivity contribution in [3.05, 3.63) is 71.4 Å². The monoisotopic (exact) mass is 340 g/mol. The first kappa shape index (κ1) is 12.9. The molecule has 0 saturated carbocycles. The van der Waals surface area contributed by atoms with Gasteiger partial charge in [-0.25, -0.2) is 0 Å². The van der Waals surface area contributed by atoms with Crippen molar-refractivity contribution in [3.8, 4) is 0 Å². The van der Waals surface area contributed by atoms with E-state index in [9.17, 15) is 0 Å². The summed E-state index contributed by atoms with van der Waals surface area (Å²) in [5, 5.41) is 15.5. The van der Waals surface area contributed by atoms with E-state index in [1.807, 2.05) is 22.7 Å². The van der Waals surface area contributed by atoms with E-state index in [1.54, 1.807) is 0 Å². The summed E-state index contributed by atoms with van der Waals surface area (Å²) >= 11 is 3.73. The van der Waals surface area contributed by atoms with Crippen molar-refractivity contribution >= 4 is 75.2 Å². The zero-order valence-electron chi connectivity index (χ0n) is 12.7. The van der Waals surface area contributed by atoms with E-state index in [2.05, 4.69) is 71.4 Å². The average Bonchev–Trinajstić information content (AvgIpc) is 3.30. The molecule has 2 heteroatoms. The highest BCUT2D eigenvalue weighted by Crippen LogP contribution is 2.46. The van der Waals surface area contributed by atoms with Crippen LogP contribution < -0.4 is 0 Å². The SMILES string of the molecule is c1ccc2c(c1)c1ccccc1c1c3sccc3c3ccsc3c21. The first-order chi connectivity index (χ1) is 11.9. The predicted molar refractivity (Wildman–Crippen MR) is 110 cm³/mol. The zero-order chi connectivity index (χ0) is 15.7. The standard InChI is InChI=1S/C22H12S2/c1-3-7-15-13(5-1)14-6-2-4-8-16(14)20-19(15)21-17(9-11-23-21)18-10-12-24-22(18)20/h1-12H. The van der Waals surface area contributed by atoms with Crippen LogP contribution in [-0.2, 0) is 0 Å². The first-order valence-electron chi connectivity index (χ1n) is 8.03. The summed E-state index contributed by atoms with van der Waals surface area (Å²) in [6.07, 6.45) is 0. The number of hydrogen-bond donors (Lipinski definition) is 0. The molecular weight excluding hydrogens is 328 g/mol. The van der Waals surface area contributed by atoms with Gasteiger partial charge in [-0.15, -0.1) is 22.7 Å². The van der Waals surface area contributed by atoms with Gasteiger partial charge >= 0.3 is 0 Å². The number of thiophene rings is 2. The molecule has 0 radical (unpaired) electrons. The van der Waals surface area contributed by atoms with Crippen LogP contribution in [-0.4, -0.2) is 0 Å². The van der Waals surface area contributed by atoms with Crippen LogP contribution in [0.15, 0.2) is 71.4 Å². The van der Waals surface area contributed by atoms with E-state index < -0.39 is 0 Å². The van der Waals surface area contributed by atoms with Crippen LogP contribution in [0.5, 0.6) is 0 Å². The van der Waals surface area contributed by atoms with Gasteiger partial charge in [0, 0.05) is 30.9 Å². The predicted octanol–water partition coefficient (Wildman–Crippen LogP) is 7.58. The lowest BCUT2D eigenvalue weighted by Crippen LogP contribution is -1.84. The van der Waals surface area contributed by atoms with Gasteiger partial charge in [0.2, 0.25) is 0 Å². The van der Waals surface area contributed by atoms with Crippen LogP contribution in [0.3, 0.4) is 0 Å². The third-order valence-electron chi connectivity index (χ3n) is 5.01. The quantitative estimate of drug-likeness (QED) is 0.250. The summed E-state index contributed by atoms with van der Waals surface area (Å²) < 4.78 is 2.83. The highest BCUT2D eigenvalue weighted by Gasteiger charge is 2.16. The van der Waals surface area contributed by atoms with Crippen LogP contribution >= 0.6 is 22.7 Å². The minimum Gasteiger partial charge on any atom is -0.143 e. The zero-order valence-corrected chi connectivity index (χ0v) is 14.4. The van der Waals surface area contributed by atoms with Crippen molar-refractivity contribution in [3.63, 3.8) is 0 Å². The van der Waals surface area contributed by atoms with E-state index in [1.165, 1.54) is 52.5 Å². The largest absolute Gasteiger partial charge is 0.143 e. The van der Waals surface area contributed by atoms with Gasteiger partial charge in [0.1, 0.15) is 0 Å². The molecule has 2 heterocycles. The fraction of sp³-hybridized carbons (Fsp3) is 0. The summed E-state index contributed by atoms with van der Waals surface area (Å²) in [4.78, 5) is 0. The van der Waals surface area contributed by atoms with Crippen LogP contribution in [0, 0.1) is 0 Å². The van der Waals surface area contributed by atoms with Gasteiger partial charge < -0.3 is 0 Å². The Morgan fingerprint density at radius 3 is 1.29 bits per heavy atom. The molecule has 6 aromatic rings. The molecule has 4 aromatic carbocycles. The molecule has 0 unspecified atom stereocenters. The van der Waals surface area contributed by atoms with Gasteiger partial charge in [-0.1, -0.05) is 48.5 Å². The van der Waals surface area contributed by atoms with Gasteiger partial charge in [-0.05, 0) is 44.4 Å². The van der Waals surface area contributed by atoms with E-state index in [4.69, 9.17) is 0 Å². The van der Waals surface area contributed by atoms with Crippen molar-refractivity contribution in [1.82, 2.24) is 0 Å². The minimum absolute atomic E-state index is 1.35. The minimum atomic E-state index is 1.35. The summed E-state index contributed by atoms with van der Waals surface area (Å²) in [5.41, 5.74) is 0. The van der Waals surface area contributed by atoms with Gasteiger partial charge in [0.15, 0.2) is 0 Å². The molecule has 0 aliphatic heterocycles. The van der Waals surface area contributed by atoms with Crippen molar-refractivity contribution in [1.29, 1.82) is 0 Å². The summed E-state index contributed by atoms with van der Waals surface area (Å²) in [6, 6.07) is 22.3. The molecule has 0 saturated heterocycles. The first-order valence-corrected chi connectivity index (χ1v) is 9.79. The molecule has 0 nitrogen and oxygen atoms in total. The van der Waals surface area contributed by atoms with E-state index in [-0.39, 0.29) is 0 Å². The maximum absolute atomic E-state index is 2.28. The molecule has 0 atom stereocenters. The number of rotatable bonds is 0. The second kappa shape index (κ2) is 4.56. The number of fused-ring (bicyclic) bond motifs is 11. The number of benzene rings is 4. The Bertz CT molecular complexity index is 1290. The topological polar surface area (TPSA) is 0 Å². The van der Waals surface area contributed by atoms with E-state index in [0.29, 0.717) is 0 Å². The Morgan fingerprint density at radius 1 is 0.417 bits per heavy atom. The van der Waals surface area contributed by atoms with Gasteiger partial charge in [0.05, 0.1) is 0 Å². The van der Waals surface area contributed by atoms with Crippen molar-refractivity contribution in [2.75, 3.05) is 0 Å². The Labute approximate surface area is 146 Å². The molecule has 0 aliphatic rings. The lowest BCUT2D eigenvalue weighted by molar-refractivity contribution is 1.81. The molecule has 112 valence electrons. The lowest BCUT2D eigenvalue weighted by Gasteiger charge is -2.12. The second-order valence-electron chi connectivity index (χ2n) is 6.17. The third-order valence-corrected chi connectivity index (χ3v) is 6.87. The van der Waals surface area contributed by atoms with Crippen molar-refractivity contribution in [2.24, 2.45) is 0 Å². The van der Waals surface area contributed by atoms with Crippen molar-refractivity contribution in [2.45, 2.75) is 0 Å². The molecule has 0 amide bonds. The van der Waals surface area contributed by atoms with Gasteiger partial charge in [-0.2, -0.15) is 0 Å². The van der Waals surface area contributed by atoms with Crippen LogP contribution in [0.25, 0.3) is 52.5 Å². The van der Waals surface area contributed by atoms with Gasteiger partial charge in [-0.3, -0.25) is 0 Å². The second-order valence-corrected chi connectivity index (χ2v) is 8.00. The van der Waals surface area contributed by atoms with E-state index >= 15 is 0 Å². The number of hydrogen-bond acceptors (Lipinski definition) is 2. The maximum atomic E-state index is 2.28. The summed E-state index contributed by atoms with van der Waals surface area (Å²) in [6.45, 7) is 0. The Balaban J connectivity index is 2.16. The molecule has 0 N–H and O–H groups in total. The molecule has 0 bridgehead atoms. The van der Waals surface area contributed by atoms with Crippen LogP contribution in [0.1, 0.15) is 0 Å². The molecule has 0 fully saturated rings. The highest BCUT2D eigenvalue weighted by molar-refractivity contribution is 7.21. The molecule has 0 aliphatic carbocycles. The summed E-state index contributed by atoms with van der Waals surface area (Å²) in [5.74, 6) is 0. The maximum Gasteiger partial charge on any atom is 0.0434 e. The van der Waals surface area contributed by atoms with Gasteiger partial charge in [0.25, 0.3) is 0 Å². The third kappa shape index (κ3) is 1.48. The lowest BCUT2D eigenvalue weighted by atomic mass is 9.93. The average molecular weight is 340 g/mol. The van der Waals surface area contributed by atoms with Crippen LogP contribution in [0.2, 0.25) is 0 Å². The Morgan fingerprint density at radius 2 is 0.833 bits per heavy atom. The smallest absolute Gasteiger partial charge is 0.0434 e. The molecule has 6 rings (SSSR count). The fourth-order valence-corrected chi connectivity index (χ4v) is 5.99. The molecule has 0 spiro atoms. The Kier molecular flexibility index (Phi) is 2.46. The summed E-state index contributed by atoms with van der Waals surface area (Å²) in [7, 11) is 0. The Hall–Kier alpha value is -2.42.